The number of furan rings is 1. The summed E-state index contributed by atoms with van der Waals surface area (Å²) in [6, 6.07) is 1.54. The molecule has 0 aliphatic heterocycles. The summed E-state index contributed by atoms with van der Waals surface area (Å²) < 4.78 is 4.84. The smallest absolute Gasteiger partial charge is 0.256 e. The predicted octanol–water partition coefficient (Wildman–Crippen LogP) is 3.07. The zero-order valence-corrected chi connectivity index (χ0v) is 10.2. The molecule has 1 aromatic heterocycles. The van der Waals surface area contributed by atoms with Crippen LogP contribution in [-0.4, -0.2) is 17.3 Å². The number of hydrogen-bond acceptors (Lipinski definition) is 2. The summed E-state index contributed by atoms with van der Waals surface area (Å²) in [5.41, 5.74) is -0.00120. The van der Waals surface area contributed by atoms with E-state index in [0.29, 0.717) is 17.9 Å². The van der Waals surface area contributed by atoms with Gasteiger partial charge in [0.2, 0.25) is 5.22 Å². The monoisotopic (exact) mass is 249 g/mol. The Morgan fingerprint density at radius 3 is 2.73 bits per heavy atom. The van der Waals surface area contributed by atoms with Gasteiger partial charge in [0.05, 0.1) is 11.8 Å². The molecule has 0 atom stereocenters. The number of amides is 1. The van der Waals surface area contributed by atoms with E-state index in [1.54, 1.807) is 0 Å². The van der Waals surface area contributed by atoms with E-state index in [2.05, 4.69) is 5.32 Å². The maximum absolute atomic E-state index is 11.7. The molecule has 5 heteroatoms. The third-order valence-electron chi connectivity index (χ3n) is 2.03. The second-order valence-corrected chi connectivity index (χ2v) is 4.61. The second kappa shape index (κ2) is 4.90. The zero-order chi connectivity index (χ0) is 11.5. The fourth-order valence-electron chi connectivity index (χ4n) is 1.13. The normalized spacial score (nSPS) is 11.5. The highest BCUT2D eigenvalue weighted by atomic mass is 35.5. The van der Waals surface area contributed by atoms with Crippen LogP contribution in [0, 0.1) is 0 Å². The minimum Gasteiger partial charge on any atom is -0.452 e. The van der Waals surface area contributed by atoms with Crippen LogP contribution in [0.4, 0.5) is 0 Å². The van der Waals surface area contributed by atoms with E-state index >= 15 is 0 Å². The lowest BCUT2D eigenvalue weighted by atomic mass is 10.0. The van der Waals surface area contributed by atoms with Crippen LogP contribution in [0.25, 0.3) is 0 Å². The first-order valence-electron chi connectivity index (χ1n) is 4.58. The number of carbonyl (C=O) groups is 1. The number of hydrogen-bond donors (Lipinski definition) is 1. The average Bonchev–Trinajstić information content (AvgIpc) is 2.50. The molecular formula is C10H13Cl2NO2. The number of carbonyl (C=O) groups excluding carboxylic acids is 1. The lowest BCUT2D eigenvalue weighted by molar-refractivity contribution is 0.0911. The van der Waals surface area contributed by atoms with Crippen LogP contribution >= 0.6 is 23.2 Å². The van der Waals surface area contributed by atoms with Crippen LogP contribution < -0.4 is 5.32 Å². The molecule has 0 spiro atoms. The van der Waals surface area contributed by atoms with Gasteiger partial charge in [0, 0.05) is 11.4 Å². The first-order valence-corrected chi connectivity index (χ1v) is 5.49. The molecule has 1 rings (SSSR count). The Morgan fingerprint density at radius 2 is 2.27 bits per heavy atom. The number of rotatable bonds is 4. The highest BCUT2D eigenvalue weighted by Crippen LogP contribution is 2.18. The molecule has 0 fully saturated rings. The standard InChI is InChI=1S/C10H13Cl2NO2/c1-10(2,4-5-11)13-9(14)7-3-6-15-8(7)12/h3,6H,4-5H2,1-2H3,(H,13,14). The number of halogens is 2. The van der Waals surface area contributed by atoms with Crippen molar-refractivity contribution in [2.45, 2.75) is 25.8 Å². The fraction of sp³-hybridized carbons (Fsp3) is 0.500. The predicted molar refractivity (Wildman–Crippen MR) is 60.6 cm³/mol. The van der Waals surface area contributed by atoms with Crippen molar-refractivity contribution in [1.82, 2.24) is 5.32 Å². The lowest BCUT2D eigenvalue weighted by Gasteiger charge is -2.24. The Kier molecular flexibility index (Phi) is 4.05. The third kappa shape index (κ3) is 3.43. The highest BCUT2D eigenvalue weighted by molar-refractivity contribution is 6.32. The third-order valence-corrected chi connectivity index (χ3v) is 2.52. The first-order chi connectivity index (χ1) is 6.96. The molecule has 1 amide bonds. The van der Waals surface area contributed by atoms with Crippen molar-refractivity contribution in [1.29, 1.82) is 0 Å². The van der Waals surface area contributed by atoms with Gasteiger partial charge in [-0.15, -0.1) is 11.6 Å². The van der Waals surface area contributed by atoms with E-state index in [4.69, 9.17) is 27.6 Å². The maximum Gasteiger partial charge on any atom is 0.256 e. The highest BCUT2D eigenvalue weighted by Gasteiger charge is 2.22. The molecular weight excluding hydrogens is 237 g/mol. The van der Waals surface area contributed by atoms with Gasteiger partial charge in [-0.1, -0.05) is 0 Å². The molecule has 1 heterocycles. The Bertz CT molecular complexity index is 347. The van der Waals surface area contributed by atoms with Crippen LogP contribution in [-0.2, 0) is 0 Å². The molecule has 0 aliphatic rings. The summed E-state index contributed by atoms with van der Waals surface area (Å²) in [6.45, 7) is 3.81. The van der Waals surface area contributed by atoms with Crippen LogP contribution in [0.2, 0.25) is 5.22 Å². The molecule has 0 aliphatic carbocycles. The SMILES string of the molecule is CC(C)(CCCl)NC(=O)c1ccoc1Cl. The Morgan fingerprint density at radius 1 is 1.60 bits per heavy atom. The van der Waals surface area contributed by atoms with Gasteiger partial charge >= 0.3 is 0 Å². The summed E-state index contributed by atoms with van der Waals surface area (Å²) in [4.78, 5) is 11.7. The fourth-order valence-corrected chi connectivity index (χ4v) is 1.80. The van der Waals surface area contributed by atoms with Gasteiger partial charge < -0.3 is 9.73 Å². The van der Waals surface area contributed by atoms with Crippen molar-refractivity contribution in [3.05, 3.63) is 23.1 Å². The Hall–Kier alpha value is -0.670. The number of alkyl halides is 1. The number of nitrogens with one attached hydrogen (secondary N) is 1. The molecule has 15 heavy (non-hydrogen) atoms. The van der Waals surface area contributed by atoms with Gasteiger partial charge in [0.25, 0.3) is 5.91 Å². The summed E-state index contributed by atoms with van der Waals surface area (Å²) in [5.74, 6) is 0.246. The van der Waals surface area contributed by atoms with E-state index in [1.165, 1.54) is 12.3 Å². The van der Waals surface area contributed by atoms with Crippen LogP contribution in [0.1, 0.15) is 30.6 Å². The van der Waals surface area contributed by atoms with Gasteiger partial charge in [0.15, 0.2) is 0 Å². The molecule has 1 aromatic rings. The minimum absolute atomic E-state index is 0.106. The molecule has 0 saturated carbocycles. The van der Waals surface area contributed by atoms with Gasteiger partial charge in [0.1, 0.15) is 0 Å². The maximum atomic E-state index is 11.7. The second-order valence-electron chi connectivity index (χ2n) is 3.88. The van der Waals surface area contributed by atoms with Crippen LogP contribution in [0.5, 0.6) is 0 Å². The lowest BCUT2D eigenvalue weighted by Crippen LogP contribution is -2.43. The van der Waals surface area contributed by atoms with Gasteiger partial charge in [-0.25, -0.2) is 0 Å². The van der Waals surface area contributed by atoms with Crippen molar-refractivity contribution in [3.8, 4) is 0 Å². The van der Waals surface area contributed by atoms with E-state index < -0.39 is 0 Å². The summed E-state index contributed by atoms with van der Waals surface area (Å²) in [7, 11) is 0. The summed E-state index contributed by atoms with van der Waals surface area (Å²) in [6.07, 6.45) is 2.07. The summed E-state index contributed by atoms with van der Waals surface area (Å²) in [5, 5.41) is 2.94. The van der Waals surface area contributed by atoms with Crippen molar-refractivity contribution in [2.75, 3.05) is 5.88 Å². The zero-order valence-electron chi connectivity index (χ0n) is 8.64. The minimum atomic E-state index is -0.348. The van der Waals surface area contributed by atoms with Gasteiger partial charge in [-0.05, 0) is 37.9 Å². The van der Waals surface area contributed by atoms with E-state index in [1.807, 2.05) is 13.8 Å². The average molecular weight is 250 g/mol. The molecule has 0 unspecified atom stereocenters. The van der Waals surface area contributed by atoms with Gasteiger partial charge in [-0.2, -0.15) is 0 Å². The van der Waals surface area contributed by atoms with Crippen molar-refractivity contribution < 1.29 is 9.21 Å². The Labute approximate surface area is 98.7 Å². The van der Waals surface area contributed by atoms with E-state index in [9.17, 15) is 4.79 Å². The van der Waals surface area contributed by atoms with Crippen molar-refractivity contribution in [3.63, 3.8) is 0 Å². The first kappa shape index (κ1) is 12.4. The van der Waals surface area contributed by atoms with Crippen LogP contribution in [0.3, 0.4) is 0 Å². The molecule has 0 saturated heterocycles. The Balaban J connectivity index is 2.68. The molecule has 0 radical (unpaired) electrons. The van der Waals surface area contributed by atoms with Crippen molar-refractivity contribution >= 4 is 29.1 Å². The molecule has 84 valence electrons. The molecule has 1 N–H and O–H groups in total. The van der Waals surface area contributed by atoms with Crippen molar-refractivity contribution in [2.24, 2.45) is 0 Å². The molecule has 3 nitrogen and oxygen atoms in total. The van der Waals surface area contributed by atoms with E-state index in [0.717, 1.165) is 0 Å². The largest absolute Gasteiger partial charge is 0.452 e. The van der Waals surface area contributed by atoms with Crippen LogP contribution in [0.15, 0.2) is 16.7 Å². The topological polar surface area (TPSA) is 42.2 Å². The quantitative estimate of drug-likeness (QED) is 0.834. The molecule has 0 aromatic carbocycles. The summed E-state index contributed by atoms with van der Waals surface area (Å²) >= 11 is 11.3. The van der Waals surface area contributed by atoms with Gasteiger partial charge in [-0.3, -0.25) is 4.79 Å². The molecule has 0 bridgehead atoms. The van der Waals surface area contributed by atoms with E-state index in [-0.39, 0.29) is 16.7 Å².